The summed E-state index contributed by atoms with van der Waals surface area (Å²) in [6.07, 6.45) is 6.51. The average molecular weight is 338 g/mol. The van der Waals surface area contributed by atoms with Gasteiger partial charge in [-0.25, -0.2) is 8.42 Å². The smallest absolute Gasteiger partial charge is 0.243 e. The third-order valence-electron chi connectivity index (χ3n) is 5.04. The Morgan fingerprint density at radius 3 is 2.39 bits per heavy atom. The summed E-state index contributed by atoms with van der Waals surface area (Å²) in [5, 5.41) is 0. The molecule has 3 rings (SSSR count). The van der Waals surface area contributed by atoms with Crippen molar-refractivity contribution in [3.05, 3.63) is 24.3 Å². The van der Waals surface area contributed by atoms with Crippen LogP contribution in [0.15, 0.2) is 29.2 Å². The first kappa shape index (κ1) is 16.7. The molecule has 5 nitrogen and oxygen atoms in total. The lowest BCUT2D eigenvalue weighted by Crippen LogP contribution is -2.52. The minimum Gasteiger partial charge on any atom is -0.497 e. The summed E-state index contributed by atoms with van der Waals surface area (Å²) < 4.78 is 32.3. The van der Waals surface area contributed by atoms with Crippen molar-refractivity contribution in [2.75, 3.05) is 33.3 Å². The SMILES string of the molecule is COc1cccc(S(=O)(=O)N2CCN(C3CCCCC3)CC2)c1. The molecule has 0 N–H and O–H groups in total. The zero-order valence-electron chi connectivity index (χ0n) is 13.8. The van der Waals surface area contributed by atoms with Crippen LogP contribution < -0.4 is 4.74 Å². The van der Waals surface area contributed by atoms with Crippen molar-refractivity contribution in [2.45, 2.75) is 43.0 Å². The van der Waals surface area contributed by atoms with E-state index in [1.54, 1.807) is 35.7 Å². The Labute approximate surface area is 139 Å². The van der Waals surface area contributed by atoms with Crippen LogP contribution >= 0.6 is 0 Å². The van der Waals surface area contributed by atoms with E-state index in [0.29, 0.717) is 29.8 Å². The van der Waals surface area contributed by atoms with E-state index >= 15 is 0 Å². The second-order valence-electron chi connectivity index (χ2n) is 6.41. The Hall–Kier alpha value is -1.11. The van der Waals surface area contributed by atoms with Crippen molar-refractivity contribution >= 4 is 10.0 Å². The molecular formula is C17H26N2O3S. The standard InChI is InChI=1S/C17H26N2O3S/c1-22-16-8-5-9-17(14-16)23(20,21)19-12-10-18(11-13-19)15-6-3-2-4-7-15/h5,8-9,14-15H,2-4,6-7,10-13H2,1H3. The molecular weight excluding hydrogens is 312 g/mol. The number of benzene rings is 1. The normalized spacial score (nSPS) is 22.1. The minimum absolute atomic E-state index is 0.322. The molecule has 1 saturated carbocycles. The topological polar surface area (TPSA) is 49.9 Å². The first-order chi connectivity index (χ1) is 11.1. The third kappa shape index (κ3) is 3.70. The van der Waals surface area contributed by atoms with E-state index in [1.165, 1.54) is 32.1 Å². The molecule has 1 aromatic rings. The number of methoxy groups -OCH3 is 1. The van der Waals surface area contributed by atoms with Crippen LogP contribution in [-0.2, 0) is 10.0 Å². The second kappa shape index (κ2) is 7.20. The maximum Gasteiger partial charge on any atom is 0.243 e. The number of piperazine rings is 1. The minimum atomic E-state index is -3.42. The lowest BCUT2D eigenvalue weighted by atomic mass is 9.94. The Kier molecular flexibility index (Phi) is 5.24. The average Bonchev–Trinajstić information content (AvgIpc) is 2.62. The van der Waals surface area contributed by atoms with Crippen molar-refractivity contribution in [1.82, 2.24) is 9.21 Å². The first-order valence-corrected chi connectivity index (χ1v) is 9.93. The highest BCUT2D eigenvalue weighted by Crippen LogP contribution is 2.26. The van der Waals surface area contributed by atoms with Gasteiger partial charge in [0.05, 0.1) is 12.0 Å². The molecule has 2 aliphatic rings. The molecule has 0 radical (unpaired) electrons. The van der Waals surface area contributed by atoms with E-state index in [9.17, 15) is 8.42 Å². The maximum atomic E-state index is 12.8. The van der Waals surface area contributed by atoms with Gasteiger partial charge in [-0.1, -0.05) is 25.3 Å². The van der Waals surface area contributed by atoms with E-state index in [2.05, 4.69) is 4.90 Å². The van der Waals surface area contributed by atoms with Crippen LogP contribution in [0.25, 0.3) is 0 Å². The molecule has 23 heavy (non-hydrogen) atoms. The van der Waals surface area contributed by atoms with E-state index in [0.717, 1.165) is 13.1 Å². The number of ether oxygens (including phenoxy) is 1. The van der Waals surface area contributed by atoms with Gasteiger partial charge in [0.2, 0.25) is 10.0 Å². The summed E-state index contributed by atoms with van der Waals surface area (Å²) in [6, 6.07) is 7.39. The van der Waals surface area contributed by atoms with Crippen molar-refractivity contribution in [1.29, 1.82) is 0 Å². The lowest BCUT2D eigenvalue weighted by Gasteiger charge is -2.40. The Morgan fingerprint density at radius 2 is 1.74 bits per heavy atom. The molecule has 0 bridgehead atoms. The highest BCUT2D eigenvalue weighted by molar-refractivity contribution is 7.89. The van der Waals surface area contributed by atoms with Crippen LogP contribution in [-0.4, -0.2) is 57.0 Å². The molecule has 1 heterocycles. The molecule has 0 amide bonds. The fourth-order valence-corrected chi connectivity index (χ4v) is 5.12. The summed E-state index contributed by atoms with van der Waals surface area (Å²) in [4.78, 5) is 2.81. The van der Waals surface area contributed by atoms with Gasteiger partial charge in [-0.15, -0.1) is 0 Å². The van der Waals surface area contributed by atoms with Gasteiger partial charge < -0.3 is 4.74 Å². The summed E-state index contributed by atoms with van der Waals surface area (Å²) in [5.41, 5.74) is 0. The van der Waals surface area contributed by atoms with Crippen LogP contribution in [0.4, 0.5) is 0 Å². The number of hydrogen-bond acceptors (Lipinski definition) is 4. The van der Waals surface area contributed by atoms with E-state index in [-0.39, 0.29) is 0 Å². The molecule has 1 aliphatic heterocycles. The quantitative estimate of drug-likeness (QED) is 0.845. The Balaban J connectivity index is 1.66. The number of nitrogens with zero attached hydrogens (tertiary/aromatic N) is 2. The zero-order chi connectivity index (χ0) is 16.3. The van der Waals surface area contributed by atoms with Crippen LogP contribution in [0.5, 0.6) is 5.75 Å². The van der Waals surface area contributed by atoms with Gasteiger partial charge in [0.25, 0.3) is 0 Å². The van der Waals surface area contributed by atoms with Gasteiger partial charge in [0, 0.05) is 38.3 Å². The Bertz CT molecular complexity index is 618. The number of sulfonamides is 1. The lowest BCUT2D eigenvalue weighted by molar-refractivity contribution is 0.111. The van der Waals surface area contributed by atoms with E-state index < -0.39 is 10.0 Å². The van der Waals surface area contributed by atoms with Crippen LogP contribution in [0.3, 0.4) is 0 Å². The Morgan fingerprint density at radius 1 is 1.04 bits per heavy atom. The molecule has 6 heteroatoms. The molecule has 0 spiro atoms. The van der Waals surface area contributed by atoms with Crippen molar-refractivity contribution in [2.24, 2.45) is 0 Å². The second-order valence-corrected chi connectivity index (χ2v) is 8.35. The molecule has 0 unspecified atom stereocenters. The number of hydrogen-bond donors (Lipinski definition) is 0. The van der Waals surface area contributed by atoms with Crippen molar-refractivity contribution in [3.8, 4) is 5.75 Å². The molecule has 0 atom stereocenters. The van der Waals surface area contributed by atoms with Crippen molar-refractivity contribution < 1.29 is 13.2 Å². The predicted molar refractivity (Wildman–Crippen MR) is 90.2 cm³/mol. The summed E-state index contributed by atoms with van der Waals surface area (Å²) in [7, 11) is -1.87. The highest BCUT2D eigenvalue weighted by atomic mass is 32.2. The fraction of sp³-hybridized carbons (Fsp3) is 0.647. The molecule has 128 valence electrons. The largest absolute Gasteiger partial charge is 0.497 e. The summed E-state index contributed by atoms with van der Waals surface area (Å²) >= 11 is 0. The summed E-state index contributed by atoms with van der Waals surface area (Å²) in [5.74, 6) is 0.576. The summed E-state index contributed by atoms with van der Waals surface area (Å²) in [6.45, 7) is 2.84. The van der Waals surface area contributed by atoms with E-state index in [1.807, 2.05) is 0 Å². The molecule has 1 saturated heterocycles. The van der Waals surface area contributed by atoms with Crippen LogP contribution in [0.2, 0.25) is 0 Å². The zero-order valence-corrected chi connectivity index (χ0v) is 14.6. The molecule has 2 fully saturated rings. The monoisotopic (exact) mass is 338 g/mol. The fourth-order valence-electron chi connectivity index (χ4n) is 3.67. The van der Waals surface area contributed by atoms with Gasteiger partial charge in [-0.05, 0) is 25.0 Å². The van der Waals surface area contributed by atoms with E-state index in [4.69, 9.17) is 4.74 Å². The molecule has 0 aromatic heterocycles. The predicted octanol–water partition coefficient (Wildman–Crippen LogP) is 2.33. The van der Waals surface area contributed by atoms with Gasteiger partial charge in [-0.3, -0.25) is 4.90 Å². The van der Waals surface area contributed by atoms with Gasteiger partial charge >= 0.3 is 0 Å². The van der Waals surface area contributed by atoms with Gasteiger partial charge in [0.15, 0.2) is 0 Å². The third-order valence-corrected chi connectivity index (χ3v) is 6.94. The van der Waals surface area contributed by atoms with Gasteiger partial charge in [-0.2, -0.15) is 4.31 Å². The highest BCUT2D eigenvalue weighted by Gasteiger charge is 2.31. The van der Waals surface area contributed by atoms with Crippen LogP contribution in [0, 0.1) is 0 Å². The number of rotatable bonds is 4. The molecule has 1 aromatic carbocycles. The first-order valence-electron chi connectivity index (χ1n) is 8.49. The van der Waals surface area contributed by atoms with Gasteiger partial charge in [0.1, 0.15) is 5.75 Å². The molecule has 1 aliphatic carbocycles. The van der Waals surface area contributed by atoms with Crippen LogP contribution in [0.1, 0.15) is 32.1 Å². The maximum absolute atomic E-state index is 12.8. The van der Waals surface area contributed by atoms with Crippen molar-refractivity contribution in [3.63, 3.8) is 0 Å².